The van der Waals surface area contributed by atoms with E-state index < -0.39 is 0 Å². The van der Waals surface area contributed by atoms with Crippen LogP contribution in [0.5, 0.6) is 0 Å². The third-order valence-electron chi connectivity index (χ3n) is 2.87. The van der Waals surface area contributed by atoms with Gasteiger partial charge in [0.2, 0.25) is 6.33 Å². The predicted molar refractivity (Wildman–Crippen MR) is 72.5 cm³/mol. The van der Waals surface area contributed by atoms with Crippen molar-refractivity contribution >= 4 is 11.6 Å². The molecular weight excluding hydrogens is 246 g/mol. The van der Waals surface area contributed by atoms with E-state index in [0.717, 1.165) is 18.1 Å². The monoisotopic (exact) mass is 264 g/mol. The molecule has 0 radical (unpaired) electrons. The van der Waals surface area contributed by atoms with Gasteiger partial charge in [-0.25, -0.2) is 4.57 Å². The van der Waals surface area contributed by atoms with Crippen LogP contribution in [0, 0.1) is 0 Å². The van der Waals surface area contributed by atoms with E-state index in [-0.39, 0.29) is 0 Å². The highest BCUT2D eigenvalue weighted by atomic mass is 35.5. The van der Waals surface area contributed by atoms with Crippen LogP contribution in [0.3, 0.4) is 0 Å². The minimum atomic E-state index is 0.781. The van der Waals surface area contributed by atoms with E-state index in [1.807, 2.05) is 29.2 Å². The van der Waals surface area contributed by atoms with Crippen molar-refractivity contribution in [1.82, 2.24) is 9.78 Å². The summed E-state index contributed by atoms with van der Waals surface area (Å²) in [6.07, 6.45) is 7.61. The zero-order chi connectivity index (χ0) is 12.8. The van der Waals surface area contributed by atoms with Crippen LogP contribution in [0.15, 0.2) is 36.9 Å². The molecule has 18 heavy (non-hydrogen) atoms. The summed E-state index contributed by atoms with van der Waals surface area (Å²) in [5.74, 6) is 0. The summed E-state index contributed by atoms with van der Waals surface area (Å²) in [5.41, 5.74) is 1.20. The van der Waals surface area contributed by atoms with E-state index in [4.69, 9.17) is 11.6 Å². The number of benzene rings is 1. The molecule has 0 saturated carbocycles. The Morgan fingerprint density at radius 2 is 2.22 bits per heavy atom. The lowest BCUT2D eigenvalue weighted by Gasteiger charge is -1.98. The highest BCUT2D eigenvalue weighted by Gasteiger charge is 2.06. The van der Waals surface area contributed by atoms with Gasteiger partial charge in [-0.05, 0) is 24.1 Å². The minimum Gasteiger partial charge on any atom is -0.233 e. The number of hydrogen-bond donors (Lipinski definition) is 0. The Kier molecular flexibility index (Phi) is 4.76. The highest BCUT2D eigenvalue weighted by molar-refractivity contribution is 6.30. The third kappa shape index (κ3) is 3.84. The van der Waals surface area contributed by atoms with Gasteiger partial charge in [0, 0.05) is 10.1 Å². The number of aryl methyl sites for hydroxylation is 1. The van der Waals surface area contributed by atoms with Gasteiger partial charge in [-0.1, -0.05) is 43.5 Å². The SMILES string of the molecule is CCCCCn1c[n+](Cc2cccc(Cl)c2)cn1. The quantitative estimate of drug-likeness (QED) is 0.581. The molecule has 0 bridgehead atoms. The molecule has 4 heteroatoms. The summed E-state index contributed by atoms with van der Waals surface area (Å²) in [4.78, 5) is 0. The van der Waals surface area contributed by atoms with Crippen LogP contribution in [0.4, 0.5) is 0 Å². The van der Waals surface area contributed by atoms with Crippen LogP contribution in [-0.2, 0) is 13.1 Å². The Morgan fingerprint density at radius 1 is 1.33 bits per heavy atom. The van der Waals surface area contributed by atoms with E-state index in [1.165, 1.54) is 24.8 Å². The Labute approximate surface area is 113 Å². The maximum Gasteiger partial charge on any atom is 0.265 e. The number of unbranched alkanes of at least 4 members (excludes halogenated alkanes) is 2. The fourth-order valence-electron chi connectivity index (χ4n) is 1.93. The number of halogens is 1. The zero-order valence-electron chi connectivity index (χ0n) is 10.7. The molecule has 0 aliphatic carbocycles. The van der Waals surface area contributed by atoms with Crippen molar-refractivity contribution < 1.29 is 4.57 Å². The van der Waals surface area contributed by atoms with Gasteiger partial charge in [-0.15, -0.1) is 4.68 Å². The van der Waals surface area contributed by atoms with Gasteiger partial charge in [0.05, 0.1) is 6.54 Å². The first-order chi connectivity index (χ1) is 8.78. The maximum absolute atomic E-state index is 5.97. The molecule has 3 nitrogen and oxygen atoms in total. The van der Waals surface area contributed by atoms with Gasteiger partial charge in [0.15, 0.2) is 0 Å². The minimum absolute atomic E-state index is 0.781. The lowest BCUT2D eigenvalue weighted by atomic mass is 10.2. The molecule has 0 N–H and O–H groups in total. The first kappa shape index (κ1) is 13.1. The molecular formula is C14H19ClN3+. The van der Waals surface area contributed by atoms with Gasteiger partial charge >= 0.3 is 0 Å². The molecule has 0 atom stereocenters. The van der Waals surface area contributed by atoms with Crippen LogP contribution in [-0.4, -0.2) is 9.78 Å². The first-order valence-corrected chi connectivity index (χ1v) is 6.81. The molecule has 2 rings (SSSR count). The van der Waals surface area contributed by atoms with Crippen molar-refractivity contribution in [3.63, 3.8) is 0 Å². The molecule has 1 heterocycles. The van der Waals surface area contributed by atoms with Crippen molar-refractivity contribution in [3.05, 3.63) is 47.5 Å². The van der Waals surface area contributed by atoms with E-state index >= 15 is 0 Å². The van der Waals surface area contributed by atoms with Crippen molar-refractivity contribution in [2.75, 3.05) is 0 Å². The van der Waals surface area contributed by atoms with Crippen molar-refractivity contribution in [2.24, 2.45) is 0 Å². The van der Waals surface area contributed by atoms with E-state index in [9.17, 15) is 0 Å². The van der Waals surface area contributed by atoms with Crippen LogP contribution >= 0.6 is 11.6 Å². The Balaban J connectivity index is 1.94. The van der Waals surface area contributed by atoms with Crippen LogP contribution < -0.4 is 4.57 Å². The predicted octanol–water partition coefficient (Wildman–Crippen LogP) is 3.06. The van der Waals surface area contributed by atoms with Crippen molar-refractivity contribution in [3.8, 4) is 0 Å². The molecule has 1 aromatic heterocycles. The second-order valence-corrected chi connectivity index (χ2v) is 4.96. The van der Waals surface area contributed by atoms with E-state index in [1.54, 1.807) is 0 Å². The second-order valence-electron chi connectivity index (χ2n) is 4.52. The standard InChI is InChI=1S/C14H19ClN3/c1-2-3-4-8-18-12-17(11-16-18)10-13-6-5-7-14(15)9-13/h5-7,9,11-12H,2-4,8,10H2,1H3/q+1. The van der Waals surface area contributed by atoms with Crippen LogP contribution in [0.1, 0.15) is 31.7 Å². The molecule has 0 aliphatic rings. The summed E-state index contributed by atoms with van der Waals surface area (Å²) in [7, 11) is 0. The lowest BCUT2D eigenvalue weighted by Crippen LogP contribution is -2.31. The summed E-state index contributed by atoms with van der Waals surface area (Å²) >= 11 is 5.97. The van der Waals surface area contributed by atoms with Gasteiger partial charge in [-0.3, -0.25) is 0 Å². The first-order valence-electron chi connectivity index (χ1n) is 6.44. The summed E-state index contributed by atoms with van der Waals surface area (Å²) in [6, 6.07) is 7.93. The molecule has 1 aromatic carbocycles. The molecule has 0 unspecified atom stereocenters. The number of aromatic nitrogens is 3. The van der Waals surface area contributed by atoms with Crippen LogP contribution in [0.2, 0.25) is 5.02 Å². The Morgan fingerprint density at radius 3 is 3.00 bits per heavy atom. The third-order valence-corrected chi connectivity index (χ3v) is 3.11. The number of hydrogen-bond acceptors (Lipinski definition) is 1. The van der Waals surface area contributed by atoms with Gasteiger partial charge in [0.1, 0.15) is 6.54 Å². The topological polar surface area (TPSA) is 21.7 Å². The van der Waals surface area contributed by atoms with Gasteiger partial charge in [0.25, 0.3) is 6.33 Å². The second kappa shape index (κ2) is 6.55. The summed E-state index contributed by atoms with van der Waals surface area (Å²) in [6.45, 7) is 4.02. The summed E-state index contributed by atoms with van der Waals surface area (Å²) in [5, 5.41) is 5.13. The fraction of sp³-hybridized carbons (Fsp3) is 0.429. The van der Waals surface area contributed by atoms with E-state index in [0.29, 0.717) is 0 Å². The average molecular weight is 265 g/mol. The molecule has 0 amide bonds. The molecule has 2 aromatic rings. The summed E-state index contributed by atoms with van der Waals surface area (Å²) < 4.78 is 4.08. The fourth-order valence-corrected chi connectivity index (χ4v) is 2.14. The smallest absolute Gasteiger partial charge is 0.233 e. The molecule has 0 spiro atoms. The van der Waals surface area contributed by atoms with Crippen molar-refractivity contribution in [1.29, 1.82) is 0 Å². The average Bonchev–Trinajstić information content (AvgIpc) is 2.77. The number of rotatable bonds is 6. The largest absolute Gasteiger partial charge is 0.265 e. The van der Waals surface area contributed by atoms with E-state index in [2.05, 4.69) is 29.0 Å². The van der Waals surface area contributed by atoms with Crippen LogP contribution in [0.25, 0.3) is 0 Å². The van der Waals surface area contributed by atoms with Crippen molar-refractivity contribution in [2.45, 2.75) is 39.3 Å². The molecule has 0 saturated heterocycles. The normalized spacial score (nSPS) is 10.8. The Hall–Kier alpha value is -1.35. The Bertz CT molecular complexity index is 493. The zero-order valence-corrected chi connectivity index (χ0v) is 11.5. The molecule has 0 fully saturated rings. The van der Waals surface area contributed by atoms with Gasteiger partial charge in [-0.2, -0.15) is 0 Å². The highest BCUT2D eigenvalue weighted by Crippen LogP contribution is 2.10. The number of nitrogens with zero attached hydrogens (tertiary/aromatic N) is 3. The lowest BCUT2D eigenvalue weighted by molar-refractivity contribution is -0.689. The van der Waals surface area contributed by atoms with Gasteiger partial charge < -0.3 is 0 Å². The molecule has 0 aliphatic heterocycles. The maximum atomic E-state index is 5.97. The molecule has 96 valence electrons.